The van der Waals surface area contributed by atoms with Gasteiger partial charge in [0.15, 0.2) is 0 Å². The number of pyridine rings is 1. The third-order valence-electron chi connectivity index (χ3n) is 5.01. The van der Waals surface area contributed by atoms with E-state index in [4.69, 9.17) is 0 Å². The van der Waals surface area contributed by atoms with Crippen LogP contribution in [-0.4, -0.2) is 19.0 Å². The van der Waals surface area contributed by atoms with Gasteiger partial charge in [-0.15, -0.1) is 0 Å². The van der Waals surface area contributed by atoms with Gasteiger partial charge in [-0.05, 0) is 28.8 Å². The van der Waals surface area contributed by atoms with Crippen molar-refractivity contribution >= 4 is 36.1 Å². The molecule has 0 saturated heterocycles. The molecule has 154 valence electrons. The van der Waals surface area contributed by atoms with E-state index in [0.717, 1.165) is 33.3 Å². The van der Waals surface area contributed by atoms with E-state index in [1.807, 2.05) is 60.7 Å². The lowest BCUT2D eigenvalue weighted by Crippen LogP contribution is -2.21. The highest BCUT2D eigenvalue weighted by Crippen LogP contribution is 2.27. The first-order valence-corrected chi connectivity index (χ1v) is 14.0. The van der Waals surface area contributed by atoms with Gasteiger partial charge in [-0.2, -0.15) is 0 Å². The quantitative estimate of drug-likeness (QED) is 0.284. The van der Waals surface area contributed by atoms with E-state index in [2.05, 4.69) is 59.9 Å². The molecule has 0 radical (unpaired) electrons. The van der Waals surface area contributed by atoms with Crippen molar-refractivity contribution in [1.82, 2.24) is 4.98 Å². The Bertz CT molecular complexity index is 1230. The third-order valence-corrected chi connectivity index (χ3v) is 6.16. The maximum absolute atomic E-state index is 13.4. The van der Waals surface area contributed by atoms with E-state index >= 15 is 0 Å². The van der Waals surface area contributed by atoms with E-state index in [-0.39, 0.29) is 5.91 Å². The smallest absolute Gasteiger partial charge is 0.255 e. The molecule has 0 spiro atoms. The Morgan fingerprint density at radius 2 is 1.48 bits per heavy atom. The van der Waals surface area contributed by atoms with Crippen molar-refractivity contribution < 1.29 is 4.79 Å². The van der Waals surface area contributed by atoms with E-state index in [9.17, 15) is 4.79 Å². The Morgan fingerprint density at radius 1 is 0.806 bits per heavy atom. The minimum atomic E-state index is -1.65. The maximum atomic E-state index is 13.4. The van der Waals surface area contributed by atoms with Gasteiger partial charge in [0.2, 0.25) is 0 Å². The second-order valence-corrected chi connectivity index (χ2v) is 13.7. The summed E-state index contributed by atoms with van der Waals surface area (Å²) < 4.78 is 0. The zero-order valence-electron chi connectivity index (χ0n) is 18.1. The molecular weight excluding hydrogens is 396 g/mol. The predicted molar refractivity (Wildman–Crippen MR) is 134 cm³/mol. The van der Waals surface area contributed by atoms with Crippen LogP contribution in [0, 0.1) is 0 Å². The molecule has 0 saturated carbocycles. The molecule has 1 heterocycles. The number of hydrogen-bond acceptors (Lipinski definition) is 2. The number of amides is 1. The van der Waals surface area contributed by atoms with Crippen molar-refractivity contribution in [2.24, 2.45) is 0 Å². The highest BCUT2D eigenvalue weighted by molar-refractivity contribution is 6.82. The predicted octanol–water partition coefficient (Wildman–Crippen LogP) is 6.80. The van der Waals surface area contributed by atoms with Crippen molar-refractivity contribution in [3.05, 3.63) is 102 Å². The van der Waals surface area contributed by atoms with Gasteiger partial charge < -0.3 is 5.32 Å². The lowest BCUT2D eigenvalue weighted by atomic mass is 10.0. The van der Waals surface area contributed by atoms with Gasteiger partial charge in [-0.1, -0.05) is 98.1 Å². The number of rotatable bonds is 5. The van der Waals surface area contributed by atoms with Gasteiger partial charge in [0.25, 0.3) is 5.91 Å². The number of carbonyl (C=O) groups excluding carboxylic acids is 1. The van der Waals surface area contributed by atoms with Gasteiger partial charge in [-0.25, -0.2) is 0 Å². The van der Waals surface area contributed by atoms with Crippen molar-refractivity contribution in [1.29, 1.82) is 0 Å². The van der Waals surface area contributed by atoms with Crippen LogP contribution in [0.15, 0.2) is 96.8 Å². The number of hydrogen-bond donors (Lipinski definition) is 1. The normalized spacial score (nSPS) is 12.0. The fraction of sp³-hybridized carbons (Fsp3) is 0.111. The fourth-order valence-electron chi connectivity index (χ4n) is 3.58. The summed E-state index contributed by atoms with van der Waals surface area (Å²) in [6.07, 6.45) is 1.75. The Balaban J connectivity index is 1.68. The lowest BCUT2D eigenvalue weighted by molar-refractivity contribution is -0.111. The fourth-order valence-corrected chi connectivity index (χ4v) is 4.74. The standard InChI is InChI=1S/C27H26N2OSi/c1-31(2,3)19-24(22-16-14-21(15-17-22)20-9-5-4-6-10-20)27(30)29-25-13-7-11-23-12-8-18-28-26(23)25/h4-19H,1-3H3,(H,29,30)/b24-19+. The summed E-state index contributed by atoms with van der Waals surface area (Å²) in [5, 5.41) is 4.11. The summed E-state index contributed by atoms with van der Waals surface area (Å²) in [5.74, 6) is -0.104. The van der Waals surface area contributed by atoms with Gasteiger partial charge >= 0.3 is 0 Å². The van der Waals surface area contributed by atoms with E-state index < -0.39 is 8.07 Å². The van der Waals surface area contributed by atoms with Crippen molar-refractivity contribution in [3.63, 3.8) is 0 Å². The van der Waals surface area contributed by atoms with Crippen LogP contribution in [-0.2, 0) is 4.79 Å². The average Bonchev–Trinajstić information content (AvgIpc) is 2.78. The van der Waals surface area contributed by atoms with Crippen LogP contribution in [0.4, 0.5) is 5.69 Å². The Hall–Kier alpha value is -3.50. The van der Waals surface area contributed by atoms with Crippen LogP contribution >= 0.6 is 0 Å². The van der Waals surface area contributed by atoms with Crippen LogP contribution < -0.4 is 5.32 Å². The molecule has 0 aliphatic carbocycles. The molecule has 1 aromatic heterocycles. The van der Waals surface area contributed by atoms with Crippen LogP contribution in [0.3, 0.4) is 0 Å². The summed E-state index contributed by atoms with van der Waals surface area (Å²) >= 11 is 0. The highest BCUT2D eigenvalue weighted by atomic mass is 28.3. The number of nitrogens with one attached hydrogen (secondary N) is 1. The topological polar surface area (TPSA) is 42.0 Å². The molecule has 0 atom stereocenters. The molecule has 4 heteroatoms. The molecule has 31 heavy (non-hydrogen) atoms. The zero-order chi connectivity index (χ0) is 21.8. The van der Waals surface area contributed by atoms with Crippen molar-refractivity contribution in [3.8, 4) is 11.1 Å². The molecule has 0 fully saturated rings. The van der Waals surface area contributed by atoms with Gasteiger partial charge in [0.1, 0.15) is 0 Å². The largest absolute Gasteiger partial charge is 0.320 e. The Morgan fingerprint density at radius 3 is 2.19 bits per heavy atom. The highest BCUT2D eigenvalue weighted by Gasteiger charge is 2.19. The first-order chi connectivity index (χ1) is 14.9. The number of benzene rings is 3. The number of carbonyl (C=O) groups is 1. The number of nitrogens with zero attached hydrogens (tertiary/aromatic N) is 1. The third kappa shape index (κ3) is 4.98. The average molecular weight is 423 g/mol. The first kappa shape index (κ1) is 20.8. The molecule has 4 rings (SSSR count). The summed E-state index contributed by atoms with van der Waals surface area (Å²) in [5.41, 5.74) is 7.62. The molecule has 1 amide bonds. The van der Waals surface area contributed by atoms with Crippen LogP contribution in [0.25, 0.3) is 27.6 Å². The SMILES string of the molecule is C[Si](C)(C)/C=C(/C(=O)Nc1cccc2cccnc12)c1ccc(-c2ccccc2)cc1. The van der Waals surface area contributed by atoms with Crippen LogP contribution in [0.1, 0.15) is 5.56 Å². The molecule has 0 aliphatic rings. The van der Waals surface area contributed by atoms with Gasteiger partial charge in [0.05, 0.1) is 19.3 Å². The van der Waals surface area contributed by atoms with E-state index in [1.54, 1.807) is 6.20 Å². The van der Waals surface area contributed by atoms with Crippen molar-refractivity contribution in [2.75, 3.05) is 5.32 Å². The monoisotopic (exact) mass is 422 g/mol. The molecule has 3 nitrogen and oxygen atoms in total. The first-order valence-electron chi connectivity index (χ1n) is 10.4. The van der Waals surface area contributed by atoms with Crippen LogP contribution in [0.2, 0.25) is 19.6 Å². The van der Waals surface area contributed by atoms with E-state index in [0.29, 0.717) is 5.57 Å². The summed E-state index contributed by atoms with van der Waals surface area (Å²) in [6.45, 7) is 6.70. The minimum Gasteiger partial charge on any atom is -0.320 e. The van der Waals surface area contributed by atoms with E-state index in [1.165, 1.54) is 0 Å². The molecule has 4 aromatic rings. The second kappa shape index (κ2) is 8.70. The second-order valence-electron chi connectivity index (χ2n) is 8.70. The Labute approximate surface area is 184 Å². The molecule has 3 aromatic carbocycles. The lowest BCUT2D eigenvalue weighted by Gasteiger charge is -2.16. The summed E-state index contributed by atoms with van der Waals surface area (Å²) in [6, 6.07) is 28.2. The number of fused-ring (bicyclic) bond motifs is 1. The van der Waals surface area contributed by atoms with Gasteiger partial charge in [0, 0.05) is 17.2 Å². The number of aromatic nitrogens is 1. The summed E-state index contributed by atoms with van der Waals surface area (Å²) in [4.78, 5) is 17.9. The van der Waals surface area contributed by atoms with Crippen molar-refractivity contribution in [2.45, 2.75) is 19.6 Å². The molecule has 0 aliphatic heterocycles. The molecule has 1 N–H and O–H groups in total. The number of anilines is 1. The van der Waals surface area contributed by atoms with Crippen LogP contribution in [0.5, 0.6) is 0 Å². The summed E-state index contributed by atoms with van der Waals surface area (Å²) in [7, 11) is -1.65. The molecular formula is C27H26N2OSi. The van der Waals surface area contributed by atoms with Gasteiger partial charge in [-0.3, -0.25) is 9.78 Å². The minimum absolute atomic E-state index is 0.104. The molecule has 0 unspecified atom stereocenters. The molecule has 0 bridgehead atoms. The zero-order valence-corrected chi connectivity index (χ0v) is 19.1. The maximum Gasteiger partial charge on any atom is 0.255 e. The Kier molecular flexibility index (Phi) is 5.83. The number of para-hydroxylation sites is 1.